The minimum atomic E-state index is -1.05. The Hall–Kier alpha value is -1.85. The molecule has 0 saturated carbocycles. The summed E-state index contributed by atoms with van der Waals surface area (Å²) in [6.45, 7) is 2.98. The van der Waals surface area contributed by atoms with E-state index in [9.17, 15) is 9.90 Å². The van der Waals surface area contributed by atoms with E-state index in [0.717, 1.165) is 5.39 Å². The number of carboxylic acids is 1. The van der Waals surface area contributed by atoms with E-state index in [4.69, 9.17) is 9.15 Å². The number of benzene rings is 1. The average molecular weight is 263 g/mol. The van der Waals surface area contributed by atoms with Crippen molar-refractivity contribution in [3.05, 3.63) is 35.6 Å². The molecule has 1 atom stereocenters. The number of ether oxygens (including phenoxy) is 1. The van der Waals surface area contributed by atoms with Crippen LogP contribution >= 0.6 is 0 Å². The minimum absolute atomic E-state index is 0.00156. The molecule has 2 aromatic rings. The number of hydrogen-bond donors (Lipinski definition) is 2. The third-order valence-corrected chi connectivity index (χ3v) is 2.94. The zero-order valence-electron chi connectivity index (χ0n) is 11.0. The number of nitrogens with one attached hydrogen (secondary N) is 1. The van der Waals surface area contributed by atoms with Crippen molar-refractivity contribution in [1.29, 1.82) is 0 Å². The van der Waals surface area contributed by atoms with Gasteiger partial charge in [-0.2, -0.15) is 0 Å². The van der Waals surface area contributed by atoms with Gasteiger partial charge in [-0.3, -0.25) is 0 Å². The van der Waals surface area contributed by atoms with Crippen LogP contribution in [0.3, 0.4) is 0 Å². The maximum absolute atomic E-state index is 11.2. The van der Waals surface area contributed by atoms with E-state index in [-0.39, 0.29) is 11.8 Å². The number of rotatable bonds is 6. The van der Waals surface area contributed by atoms with Crippen LogP contribution in [-0.4, -0.2) is 30.8 Å². The van der Waals surface area contributed by atoms with Gasteiger partial charge < -0.3 is 19.6 Å². The first-order chi connectivity index (χ1) is 9.13. The highest BCUT2D eigenvalue weighted by Gasteiger charge is 2.19. The maximum Gasteiger partial charge on any atom is 0.372 e. The summed E-state index contributed by atoms with van der Waals surface area (Å²) in [5, 5.41) is 13.2. The molecule has 0 aliphatic carbocycles. The average Bonchev–Trinajstić information content (AvgIpc) is 2.75. The highest BCUT2D eigenvalue weighted by atomic mass is 16.5. The Morgan fingerprint density at radius 2 is 2.21 bits per heavy atom. The normalized spacial score (nSPS) is 12.7. The predicted molar refractivity (Wildman–Crippen MR) is 71.4 cm³/mol. The second-order valence-corrected chi connectivity index (χ2v) is 4.45. The van der Waals surface area contributed by atoms with Crippen LogP contribution in [-0.2, 0) is 11.3 Å². The molecule has 1 heterocycles. The van der Waals surface area contributed by atoms with Crippen molar-refractivity contribution in [1.82, 2.24) is 5.32 Å². The lowest BCUT2D eigenvalue weighted by Crippen LogP contribution is -2.30. The Morgan fingerprint density at radius 3 is 2.89 bits per heavy atom. The molecule has 102 valence electrons. The van der Waals surface area contributed by atoms with Gasteiger partial charge in [0, 0.05) is 30.6 Å². The van der Waals surface area contributed by atoms with Gasteiger partial charge in [0.2, 0.25) is 5.76 Å². The van der Waals surface area contributed by atoms with Crippen molar-refractivity contribution in [2.24, 2.45) is 0 Å². The Bertz CT molecular complexity index is 576. The number of carbonyl (C=O) groups is 1. The van der Waals surface area contributed by atoms with Crippen LogP contribution in [0.1, 0.15) is 23.0 Å². The van der Waals surface area contributed by atoms with Gasteiger partial charge in [0.1, 0.15) is 5.58 Å². The van der Waals surface area contributed by atoms with E-state index in [1.54, 1.807) is 13.2 Å². The summed E-state index contributed by atoms with van der Waals surface area (Å²) in [6.07, 6.45) is 0. The maximum atomic E-state index is 11.2. The smallest absolute Gasteiger partial charge is 0.372 e. The zero-order valence-corrected chi connectivity index (χ0v) is 11.0. The first-order valence-electron chi connectivity index (χ1n) is 6.09. The van der Waals surface area contributed by atoms with Gasteiger partial charge in [0.15, 0.2) is 0 Å². The molecule has 0 amide bonds. The molecule has 0 spiro atoms. The molecule has 1 aromatic carbocycles. The highest BCUT2D eigenvalue weighted by Crippen LogP contribution is 2.25. The van der Waals surface area contributed by atoms with Gasteiger partial charge in [-0.1, -0.05) is 18.2 Å². The van der Waals surface area contributed by atoms with Crippen LogP contribution in [0.4, 0.5) is 0 Å². The molecule has 0 bridgehead atoms. The first-order valence-corrected chi connectivity index (χ1v) is 6.09. The Balaban J connectivity index is 2.29. The summed E-state index contributed by atoms with van der Waals surface area (Å²) < 4.78 is 10.4. The van der Waals surface area contributed by atoms with Crippen LogP contribution < -0.4 is 5.32 Å². The van der Waals surface area contributed by atoms with Gasteiger partial charge in [0.25, 0.3) is 0 Å². The minimum Gasteiger partial charge on any atom is -0.475 e. The van der Waals surface area contributed by atoms with E-state index in [2.05, 4.69) is 5.32 Å². The van der Waals surface area contributed by atoms with Gasteiger partial charge in [-0.05, 0) is 13.0 Å². The molecule has 5 nitrogen and oxygen atoms in total. The predicted octanol–water partition coefficient (Wildman–Crippen LogP) is 2.26. The van der Waals surface area contributed by atoms with Gasteiger partial charge in [0.05, 0.1) is 6.61 Å². The molecule has 2 N–H and O–H groups in total. The molecule has 0 saturated heterocycles. The number of carboxylic acid groups (broad SMARTS) is 1. The summed E-state index contributed by atoms with van der Waals surface area (Å²) in [5.41, 5.74) is 1.27. The summed E-state index contributed by atoms with van der Waals surface area (Å²) in [4.78, 5) is 11.2. The molecule has 0 aliphatic heterocycles. The largest absolute Gasteiger partial charge is 0.475 e. The summed E-state index contributed by atoms with van der Waals surface area (Å²) in [5.74, 6) is -1.05. The van der Waals surface area contributed by atoms with Crippen molar-refractivity contribution in [2.75, 3.05) is 13.7 Å². The van der Waals surface area contributed by atoms with E-state index >= 15 is 0 Å². The Morgan fingerprint density at radius 1 is 1.47 bits per heavy atom. The van der Waals surface area contributed by atoms with Crippen molar-refractivity contribution in [3.8, 4) is 0 Å². The number of furan rings is 1. The number of methoxy groups -OCH3 is 1. The standard InChI is InChI=1S/C14H17NO4/c1-9(8-18-2)15-7-11-10-5-3-4-6-12(10)19-13(11)14(16)17/h3-6,9,15H,7-8H2,1-2H3,(H,16,17). The SMILES string of the molecule is COCC(C)NCc1c(C(=O)O)oc2ccccc12. The zero-order chi connectivity index (χ0) is 13.8. The quantitative estimate of drug-likeness (QED) is 0.836. The van der Waals surface area contributed by atoms with E-state index in [0.29, 0.717) is 24.3 Å². The third-order valence-electron chi connectivity index (χ3n) is 2.94. The molecule has 5 heteroatoms. The van der Waals surface area contributed by atoms with Gasteiger partial charge >= 0.3 is 5.97 Å². The third kappa shape index (κ3) is 2.94. The fraction of sp³-hybridized carbons (Fsp3) is 0.357. The molecular weight excluding hydrogens is 246 g/mol. The Labute approximate surface area is 111 Å². The molecule has 0 aliphatic rings. The number of fused-ring (bicyclic) bond motifs is 1. The molecule has 1 aromatic heterocycles. The van der Waals surface area contributed by atoms with E-state index in [1.807, 2.05) is 25.1 Å². The van der Waals surface area contributed by atoms with Crippen LogP contribution in [0.5, 0.6) is 0 Å². The molecule has 2 rings (SSSR count). The fourth-order valence-electron chi connectivity index (χ4n) is 2.03. The lowest BCUT2D eigenvalue weighted by molar-refractivity contribution is 0.0663. The highest BCUT2D eigenvalue weighted by molar-refractivity contribution is 5.95. The Kier molecular flexibility index (Phi) is 4.19. The van der Waals surface area contributed by atoms with E-state index in [1.165, 1.54) is 0 Å². The van der Waals surface area contributed by atoms with Crippen molar-refractivity contribution < 1.29 is 19.1 Å². The van der Waals surface area contributed by atoms with E-state index < -0.39 is 5.97 Å². The lowest BCUT2D eigenvalue weighted by Gasteiger charge is -2.12. The molecule has 1 unspecified atom stereocenters. The number of para-hydroxylation sites is 1. The van der Waals surface area contributed by atoms with Crippen LogP contribution in [0.25, 0.3) is 11.0 Å². The molecule has 0 fully saturated rings. The second-order valence-electron chi connectivity index (χ2n) is 4.45. The van der Waals surface area contributed by atoms with Gasteiger partial charge in [-0.15, -0.1) is 0 Å². The van der Waals surface area contributed by atoms with Gasteiger partial charge in [-0.25, -0.2) is 4.79 Å². The lowest BCUT2D eigenvalue weighted by atomic mass is 10.1. The van der Waals surface area contributed by atoms with Crippen molar-refractivity contribution >= 4 is 16.9 Å². The van der Waals surface area contributed by atoms with Crippen molar-refractivity contribution in [2.45, 2.75) is 19.5 Å². The molecular formula is C14H17NO4. The summed E-state index contributed by atoms with van der Waals surface area (Å²) >= 11 is 0. The summed E-state index contributed by atoms with van der Waals surface area (Å²) in [7, 11) is 1.63. The molecule has 19 heavy (non-hydrogen) atoms. The number of aromatic carboxylic acids is 1. The van der Waals surface area contributed by atoms with Crippen molar-refractivity contribution in [3.63, 3.8) is 0 Å². The fourth-order valence-corrected chi connectivity index (χ4v) is 2.03. The second kappa shape index (κ2) is 5.86. The van der Waals surface area contributed by atoms with Crippen LogP contribution in [0.15, 0.2) is 28.7 Å². The topological polar surface area (TPSA) is 71.7 Å². The van der Waals surface area contributed by atoms with Crippen LogP contribution in [0.2, 0.25) is 0 Å². The molecule has 0 radical (unpaired) electrons. The number of hydrogen-bond acceptors (Lipinski definition) is 4. The summed E-state index contributed by atoms with van der Waals surface area (Å²) in [6, 6.07) is 7.46. The van der Waals surface area contributed by atoms with Crippen LogP contribution in [0, 0.1) is 0 Å². The monoisotopic (exact) mass is 263 g/mol. The first kappa shape index (κ1) is 13.6.